The van der Waals surface area contributed by atoms with E-state index in [4.69, 9.17) is 4.74 Å². The Kier molecular flexibility index (Phi) is 5.55. The summed E-state index contributed by atoms with van der Waals surface area (Å²) in [5.74, 6) is 1.18. The predicted molar refractivity (Wildman–Crippen MR) is 91.5 cm³/mol. The van der Waals surface area contributed by atoms with Gasteiger partial charge in [0.15, 0.2) is 0 Å². The first-order valence-corrected chi connectivity index (χ1v) is 8.94. The molecule has 2 aliphatic heterocycles. The smallest absolute Gasteiger partial charge is 0.222 e. The Labute approximate surface area is 139 Å². The molecule has 1 atom stereocenters. The fourth-order valence-electron chi connectivity index (χ4n) is 3.89. The molecule has 1 amide bonds. The zero-order valence-electron chi connectivity index (χ0n) is 13.9. The maximum absolute atomic E-state index is 12.5. The molecule has 3 rings (SSSR count). The average molecular weight is 316 g/mol. The Morgan fingerprint density at radius 2 is 2.04 bits per heavy atom. The van der Waals surface area contributed by atoms with Gasteiger partial charge in [0.25, 0.3) is 0 Å². The minimum absolute atomic E-state index is 0.298. The second-order valence-electron chi connectivity index (χ2n) is 6.96. The molecule has 1 spiro atoms. The first-order valence-electron chi connectivity index (χ1n) is 8.94. The third-order valence-corrected chi connectivity index (χ3v) is 5.12. The highest BCUT2D eigenvalue weighted by molar-refractivity contribution is 5.76. The van der Waals surface area contributed by atoms with E-state index in [2.05, 4.69) is 10.2 Å². The minimum atomic E-state index is 0.298. The average Bonchev–Trinajstić information content (AvgIpc) is 2.60. The molecule has 2 aliphatic rings. The van der Waals surface area contributed by atoms with E-state index < -0.39 is 0 Å². The van der Waals surface area contributed by atoms with Gasteiger partial charge in [-0.05, 0) is 50.8 Å². The lowest BCUT2D eigenvalue weighted by molar-refractivity contribution is -0.135. The van der Waals surface area contributed by atoms with Crippen molar-refractivity contribution in [3.63, 3.8) is 0 Å². The topological polar surface area (TPSA) is 41.6 Å². The fourth-order valence-corrected chi connectivity index (χ4v) is 3.89. The molecule has 2 heterocycles. The molecule has 126 valence electrons. The molecule has 0 saturated carbocycles. The molecule has 1 aromatic rings. The monoisotopic (exact) mass is 316 g/mol. The maximum Gasteiger partial charge on any atom is 0.222 e. The lowest BCUT2D eigenvalue weighted by Crippen LogP contribution is -2.52. The number of hydrogen-bond donors (Lipinski definition) is 1. The van der Waals surface area contributed by atoms with Crippen LogP contribution < -0.4 is 10.1 Å². The van der Waals surface area contributed by atoms with Crippen molar-refractivity contribution in [2.75, 3.05) is 32.8 Å². The number of para-hydroxylation sites is 1. The normalized spacial score (nSPS) is 24.6. The fraction of sp³-hybridized carbons (Fsp3) is 0.632. The molecule has 2 saturated heterocycles. The van der Waals surface area contributed by atoms with Crippen molar-refractivity contribution in [1.82, 2.24) is 10.2 Å². The Hall–Kier alpha value is -1.55. The van der Waals surface area contributed by atoms with Gasteiger partial charge in [-0.15, -0.1) is 0 Å². The third kappa shape index (κ3) is 4.47. The lowest BCUT2D eigenvalue weighted by atomic mass is 9.74. The van der Waals surface area contributed by atoms with Crippen molar-refractivity contribution in [3.05, 3.63) is 30.3 Å². The van der Waals surface area contributed by atoms with Gasteiger partial charge in [-0.1, -0.05) is 18.2 Å². The summed E-state index contributed by atoms with van der Waals surface area (Å²) in [5, 5.41) is 3.52. The molecular formula is C19H28N2O2. The van der Waals surface area contributed by atoms with Crippen LogP contribution in [-0.2, 0) is 4.79 Å². The van der Waals surface area contributed by atoms with Crippen LogP contribution >= 0.6 is 0 Å². The van der Waals surface area contributed by atoms with Gasteiger partial charge >= 0.3 is 0 Å². The number of hydrogen-bond acceptors (Lipinski definition) is 3. The van der Waals surface area contributed by atoms with Gasteiger partial charge in [0.2, 0.25) is 5.91 Å². The van der Waals surface area contributed by atoms with Crippen LogP contribution in [0.1, 0.15) is 38.5 Å². The first kappa shape index (κ1) is 16.3. The van der Waals surface area contributed by atoms with E-state index in [1.807, 2.05) is 30.3 Å². The molecule has 1 aromatic carbocycles. The summed E-state index contributed by atoms with van der Waals surface area (Å²) in [4.78, 5) is 14.6. The molecule has 2 fully saturated rings. The Morgan fingerprint density at radius 1 is 1.22 bits per heavy atom. The van der Waals surface area contributed by atoms with Crippen molar-refractivity contribution >= 4 is 5.91 Å². The van der Waals surface area contributed by atoms with E-state index in [9.17, 15) is 4.79 Å². The third-order valence-electron chi connectivity index (χ3n) is 5.12. The largest absolute Gasteiger partial charge is 0.494 e. The van der Waals surface area contributed by atoms with E-state index in [1.54, 1.807) is 0 Å². The van der Waals surface area contributed by atoms with Crippen LogP contribution in [0.4, 0.5) is 0 Å². The van der Waals surface area contributed by atoms with Crippen LogP contribution in [0.5, 0.6) is 5.75 Å². The van der Waals surface area contributed by atoms with Crippen LogP contribution in [0.3, 0.4) is 0 Å². The van der Waals surface area contributed by atoms with Crippen LogP contribution in [0.15, 0.2) is 30.3 Å². The lowest BCUT2D eigenvalue weighted by Gasteiger charge is -2.45. The molecule has 0 aliphatic carbocycles. The maximum atomic E-state index is 12.5. The number of carbonyl (C=O) groups excluding carboxylic acids is 1. The minimum Gasteiger partial charge on any atom is -0.494 e. The number of amides is 1. The number of piperidine rings is 2. The molecule has 4 nitrogen and oxygen atoms in total. The van der Waals surface area contributed by atoms with E-state index >= 15 is 0 Å². The Balaban J connectivity index is 1.41. The summed E-state index contributed by atoms with van der Waals surface area (Å²) in [7, 11) is 0. The number of benzene rings is 1. The standard InChI is InChI=1S/C19H28N2O2/c22-18(9-4-14-23-17-7-2-1-3-8-17)21-13-6-11-19(16-21)10-5-12-20-15-19/h1-3,7-8,20H,4-6,9-16H2. The second kappa shape index (κ2) is 7.82. The molecular weight excluding hydrogens is 288 g/mol. The number of ether oxygens (including phenoxy) is 1. The van der Waals surface area contributed by atoms with Gasteiger partial charge in [0, 0.05) is 31.5 Å². The highest BCUT2D eigenvalue weighted by Crippen LogP contribution is 2.36. The predicted octanol–water partition coefficient (Wildman–Crippen LogP) is 2.84. The summed E-state index contributed by atoms with van der Waals surface area (Å²) >= 11 is 0. The van der Waals surface area contributed by atoms with Gasteiger partial charge in [-0.3, -0.25) is 4.79 Å². The SMILES string of the molecule is O=C(CCCOc1ccccc1)N1CCCC2(CCCNC2)C1. The van der Waals surface area contributed by atoms with Gasteiger partial charge in [-0.2, -0.15) is 0 Å². The molecule has 4 heteroatoms. The Morgan fingerprint density at radius 3 is 2.83 bits per heavy atom. The summed E-state index contributed by atoms with van der Waals surface area (Å²) < 4.78 is 5.67. The highest BCUT2D eigenvalue weighted by atomic mass is 16.5. The van der Waals surface area contributed by atoms with Crippen LogP contribution in [0, 0.1) is 5.41 Å². The summed E-state index contributed by atoms with van der Waals surface area (Å²) in [5.41, 5.74) is 0.340. The number of nitrogens with zero attached hydrogens (tertiary/aromatic N) is 1. The van der Waals surface area contributed by atoms with E-state index in [-0.39, 0.29) is 0 Å². The van der Waals surface area contributed by atoms with Crippen LogP contribution in [-0.4, -0.2) is 43.6 Å². The molecule has 0 aromatic heterocycles. The van der Waals surface area contributed by atoms with Crippen molar-refractivity contribution in [2.24, 2.45) is 5.41 Å². The van der Waals surface area contributed by atoms with Crippen LogP contribution in [0.2, 0.25) is 0 Å². The van der Waals surface area contributed by atoms with E-state index in [0.29, 0.717) is 24.3 Å². The number of carbonyl (C=O) groups is 1. The summed E-state index contributed by atoms with van der Waals surface area (Å²) in [6.45, 7) is 4.69. The Bertz CT molecular complexity index is 492. The molecule has 23 heavy (non-hydrogen) atoms. The van der Waals surface area contributed by atoms with Crippen molar-refractivity contribution in [3.8, 4) is 5.75 Å². The quantitative estimate of drug-likeness (QED) is 0.849. The highest BCUT2D eigenvalue weighted by Gasteiger charge is 2.37. The van der Waals surface area contributed by atoms with Crippen molar-refractivity contribution in [2.45, 2.75) is 38.5 Å². The van der Waals surface area contributed by atoms with E-state index in [1.165, 1.54) is 19.3 Å². The number of nitrogens with one attached hydrogen (secondary N) is 1. The first-order chi connectivity index (χ1) is 11.3. The molecule has 0 bridgehead atoms. The summed E-state index contributed by atoms with van der Waals surface area (Å²) in [6, 6.07) is 9.80. The van der Waals surface area contributed by atoms with Crippen molar-refractivity contribution in [1.29, 1.82) is 0 Å². The van der Waals surface area contributed by atoms with Crippen LogP contribution in [0.25, 0.3) is 0 Å². The molecule has 1 unspecified atom stereocenters. The van der Waals surface area contributed by atoms with Gasteiger partial charge in [-0.25, -0.2) is 0 Å². The second-order valence-corrected chi connectivity index (χ2v) is 6.96. The van der Waals surface area contributed by atoms with Gasteiger partial charge in [0.1, 0.15) is 5.75 Å². The number of rotatable bonds is 5. The van der Waals surface area contributed by atoms with Crippen molar-refractivity contribution < 1.29 is 9.53 Å². The van der Waals surface area contributed by atoms with E-state index in [0.717, 1.165) is 44.8 Å². The summed E-state index contributed by atoms with van der Waals surface area (Å²) in [6.07, 6.45) is 6.30. The zero-order valence-corrected chi connectivity index (χ0v) is 13.9. The van der Waals surface area contributed by atoms with Gasteiger partial charge < -0.3 is 15.0 Å². The molecule has 0 radical (unpaired) electrons. The molecule has 1 N–H and O–H groups in total. The number of likely N-dealkylation sites (tertiary alicyclic amines) is 1. The zero-order chi connectivity index (χ0) is 16.0. The van der Waals surface area contributed by atoms with Gasteiger partial charge in [0.05, 0.1) is 6.61 Å².